The summed E-state index contributed by atoms with van der Waals surface area (Å²) in [5.74, 6) is 0. The van der Waals surface area contributed by atoms with Crippen molar-refractivity contribution in [1.82, 2.24) is 0 Å². The summed E-state index contributed by atoms with van der Waals surface area (Å²) >= 11 is 0.500. The Balaban J connectivity index is 0. The van der Waals surface area contributed by atoms with Crippen molar-refractivity contribution in [3.63, 3.8) is 0 Å². The van der Waals surface area contributed by atoms with Crippen LogP contribution in [-0.4, -0.2) is 26.4 Å². The van der Waals surface area contributed by atoms with Crippen LogP contribution in [0.4, 0.5) is 0 Å². The van der Waals surface area contributed by atoms with Crippen molar-refractivity contribution < 1.29 is 11.0 Å². The molecular formula is C2H6GeO2. The molecule has 0 atom stereocenters. The molecule has 0 fully saturated rings. The van der Waals surface area contributed by atoms with Gasteiger partial charge in [0.25, 0.3) is 0 Å². The average molecular weight is 135 g/mol. The van der Waals surface area contributed by atoms with Gasteiger partial charge in [-0.05, 0) is 0 Å². The van der Waals surface area contributed by atoms with Gasteiger partial charge in [-0.15, -0.1) is 0 Å². The first-order valence-electron chi connectivity index (χ1n) is 0.911. The van der Waals surface area contributed by atoms with E-state index >= 15 is 0 Å². The second kappa shape index (κ2) is 4.20. The average Bonchev–Trinajstić information content (AvgIpc) is 1.46. The summed E-state index contributed by atoms with van der Waals surface area (Å²) in [4.78, 5) is 4.50. The molecular weight excluding hydrogens is 129 g/mol. The maximum absolute atomic E-state index is 2.25. The summed E-state index contributed by atoms with van der Waals surface area (Å²) in [5.41, 5.74) is 0. The van der Waals surface area contributed by atoms with E-state index in [1.54, 1.807) is 0 Å². The third-order valence-electron chi connectivity index (χ3n) is 0.167. The molecule has 0 unspecified atom stereocenters. The van der Waals surface area contributed by atoms with Gasteiger partial charge in [-0.25, -0.2) is 0 Å². The molecule has 0 amide bonds. The molecule has 0 saturated carbocycles. The molecule has 1 aliphatic rings. The topological polar surface area (TPSA) is 63.0 Å². The van der Waals surface area contributed by atoms with Crippen LogP contribution in [0, 0.1) is 0 Å². The molecule has 2 radical (unpaired) electrons. The predicted molar refractivity (Wildman–Crippen MR) is 22.1 cm³/mol. The van der Waals surface area contributed by atoms with Crippen LogP contribution in [0.15, 0.2) is 9.82 Å². The first kappa shape index (κ1) is 8.96. The second-order valence-electron chi connectivity index (χ2n) is 0.500. The van der Waals surface area contributed by atoms with Gasteiger partial charge in [0.05, 0.1) is 0 Å². The van der Waals surface area contributed by atoms with E-state index in [0.29, 0.717) is 15.4 Å². The number of hydrogen-bond donors (Lipinski definition) is 0. The Kier molecular flexibility index (Phi) is 7.53. The summed E-state index contributed by atoms with van der Waals surface area (Å²) in [6.07, 6.45) is 0. The molecule has 2 nitrogen and oxygen atoms in total. The van der Waals surface area contributed by atoms with Crippen molar-refractivity contribution in [1.29, 1.82) is 0 Å². The Bertz CT molecular complexity index is 30.6. The predicted octanol–water partition coefficient (Wildman–Crippen LogP) is -1.47. The number of hydrogen-bond acceptors (Lipinski definition) is 0. The van der Waals surface area contributed by atoms with Crippen LogP contribution in [0.25, 0.3) is 0 Å². The molecule has 1 heterocycles. The Morgan fingerprint density at radius 3 is 1.20 bits per heavy atom. The Hall–Kier alpha value is 0.203. The van der Waals surface area contributed by atoms with Crippen LogP contribution < -0.4 is 0 Å². The fraction of sp³-hybridized carbons (Fsp3) is 0. The minimum atomic E-state index is 0. The van der Waals surface area contributed by atoms with Crippen LogP contribution in [0.5, 0.6) is 0 Å². The fourth-order valence-electron chi connectivity index (χ4n) is 0. The third kappa shape index (κ3) is 14.1. The van der Waals surface area contributed by atoms with Crippen molar-refractivity contribution in [3.05, 3.63) is 9.82 Å². The van der Waals surface area contributed by atoms with Crippen molar-refractivity contribution in [3.8, 4) is 0 Å². The molecule has 0 aliphatic carbocycles. The molecule has 0 bridgehead atoms. The van der Waals surface area contributed by atoms with Gasteiger partial charge >= 0.3 is 25.2 Å². The van der Waals surface area contributed by atoms with Crippen molar-refractivity contribution in [2.45, 2.75) is 0 Å². The van der Waals surface area contributed by atoms with Gasteiger partial charge in [0.15, 0.2) is 0 Å². The second-order valence-corrected chi connectivity index (χ2v) is 2.60. The van der Waals surface area contributed by atoms with Crippen LogP contribution in [0.1, 0.15) is 0 Å². The molecule has 1 aliphatic heterocycles. The van der Waals surface area contributed by atoms with E-state index in [4.69, 9.17) is 0 Å². The quantitative estimate of drug-likeness (QED) is 0.363. The van der Waals surface area contributed by atoms with E-state index in [0.717, 1.165) is 0 Å². The van der Waals surface area contributed by atoms with Crippen LogP contribution in [-0.2, 0) is 0 Å². The van der Waals surface area contributed by atoms with Crippen molar-refractivity contribution >= 4 is 15.4 Å². The van der Waals surface area contributed by atoms with Crippen LogP contribution in [0.2, 0.25) is 0 Å². The molecule has 0 spiro atoms. The first-order valence-corrected chi connectivity index (χ1v) is 3.33. The summed E-state index contributed by atoms with van der Waals surface area (Å²) < 4.78 is 0. The summed E-state index contributed by atoms with van der Waals surface area (Å²) in [6, 6.07) is 0. The minimum absolute atomic E-state index is 0. The molecule has 0 aromatic rings. The Morgan fingerprint density at radius 2 is 1.20 bits per heavy atom. The third-order valence-corrected chi connectivity index (χ3v) is 0.866. The van der Waals surface area contributed by atoms with E-state index in [1.165, 1.54) is 0 Å². The summed E-state index contributed by atoms with van der Waals surface area (Å²) in [5, 5.41) is 0. The van der Waals surface area contributed by atoms with Crippen LogP contribution in [0.3, 0.4) is 0 Å². The van der Waals surface area contributed by atoms with Crippen LogP contribution >= 0.6 is 0 Å². The Morgan fingerprint density at radius 1 is 1.00 bits per heavy atom. The molecule has 0 saturated heterocycles. The molecule has 5 heavy (non-hydrogen) atoms. The first-order chi connectivity index (χ1) is 1.50. The zero-order valence-corrected chi connectivity index (χ0v) is 4.75. The number of rotatable bonds is 0. The Labute approximate surface area is 37.0 Å². The fourth-order valence-corrected chi connectivity index (χ4v) is 0. The van der Waals surface area contributed by atoms with E-state index in [2.05, 4.69) is 9.82 Å². The van der Waals surface area contributed by atoms with Gasteiger partial charge in [0, 0.05) is 0 Å². The molecule has 3 heteroatoms. The summed E-state index contributed by atoms with van der Waals surface area (Å²) in [6.45, 7) is 0. The normalized spacial score (nSPS) is 11.2. The van der Waals surface area contributed by atoms with Gasteiger partial charge in [-0.2, -0.15) is 0 Å². The molecule has 1 rings (SSSR count). The maximum atomic E-state index is 2.25. The van der Waals surface area contributed by atoms with Crippen molar-refractivity contribution in [2.24, 2.45) is 0 Å². The monoisotopic (exact) mass is 136 g/mol. The SMILES string of the molecule is O.O.[CH]1=[CH][Ge]1. The zero-order chi connectivity index (χ0) is 2.12. The van der Waals surface area contributed by atoms with Gasteiger partial charge in [0.1, 0.15) is 0 Å². The zero-order valence-electron chi connectivity index (χ0n) is 2.65. The van der Waals surface area contributed by atoms with E-state index in [1.807, 2.05) is 0 Å². The summed E-state index contributed by atoms with van der Waals surface area (Å²) in [7, 11) is 0. The molecule has 4 N–H and O–H groups in total. The van der Waals surface area contributed by atoms with E-state index < -0.39 is 0 Å². The van der Waals surface area contributed by atoms with Gasteiger partial charge in [-0.1, -0.05) is 0 Å². The molecule has 30 valence electrons. The van der Waals surface area contributed by atoms with E-state index in [-0.39, 0.29) is 11.0 Å². The van der Waals surface area contributed by atoms with E-state index in [9.17, 15) is 0 Å². The molecule has 0 aromatic heterocycles. The standard InChI is InChI=1S/C2H2Ge.2H2O/c1-2-3-1;;/h1-2H;2*1H2. The molecule has 0 aromatic carbocycles. The van der Waals surface area contributed by atoms with Gasteiger partial charge in [0.2, 0.25) is 0 Å². The van der Waals surface area contributed by atoms with Crippen molar-refractivity contribution in [2.75, 3.05) is 0 Å². The van der Waals surface area contributed by atoms with Gasteiger partial charge < -0.3 is 11.0 Å². The van der Waals surface area contributed by atoms with Gasteiger partial charge in [-0.3, -0.25) is 0 Å².